The van der Waals surface area contributed by atoms with E-state index >= 15 is 0 Å². The molecule has 4 nitrogen and oxygen atoms in total. The zero-order chi connectivity index (χ0) is 13.6. The van der Waals surface area contributed by atoms with Crippen molar-refractivity contribution >= 4 is 52.4 Å². The fourth-order valence-corrected chi connectivity index (χ4v) is 2.55. The fourth-order valence-electron chi connectivity index (χ4n) is 1.95. The smallest absolute Gasteiger partial charge is 0.240 e. The summed E-state index contributed by atoms with van der Waals surface area (Å²) in [5.41, 5.74) is 1.56. The van der Waals surface area contributed by atoms with Crippen LogP contribution in [0.15, 0.2) is 12.1 Å². The molecule has 1 aliphatic carbocycles. The first-order valence-corrected chi connectivity index (χ1v) is 7.08. The number of nitrogens with one attached hydrogen (secondary N) is 2. The van der Waals surface area contributed by atoms with Crippen molar-refractivity contribution in [2.75, 3.05) is 0 Å². The number of nitrogens with zero attached hydrogens (tertiary/aromatic N) is 1. The molecule has 1 aromatic heterocycles. The summed E-state index contributed by atoms with van der Waals surface area (Å²) in [4.78, 5) is 14.9. The van der Waals surface area contributed by atoms with E-state index in [1.54, 1.807) is 16.7 Å². The van der Waals surface area contributed by atoms with Crippen LogP contribution in [-0.2, 0) is 11.3 Å². The van der Waals surface area contributed by atoms with Gasteiger partial charge >= 0.3 is 0 Å². The van der Waals surface area contributed by atoms with Gasteiger partial charge in [0.1, 0.15) is 6.54 Å². The molecule has 19 heavy (non-hydrogen) atoms. The van der Waals surface area contributed by atoms with E-state index in [9.17, 15) is 4.79 Å². The Kier molecular flexibility index (Phi) is 3.28. The van der Waals surface area contributed by atoms with Crippen molar-refractivity contribution in [3.8, 4) is 0 Å². The van der Waals surface area contributed by atoms with Crippen molar-refractivity contribution in [3.63, 3.8) is 0 Å². The molecule has 0 saturated heterocycles. The summed E-state index contributed by atoms with van der Waals surface area (Å²) >= 11 is 17.2. The number of hydrogen-bond acceptors (Lipinski definition) is 2. The molecule has 0 radical (unpaired) electrons. The average molecular weight is 316 g/mol. The van der Waals surface area contributed by atoms with Gasteiger partial charge in [0.05, 0.1) is 21.1 Å². The minimum atomic E-state index is -0.0365. The predicted octanol–water partition coefficient (Wildman–Crippen LogP) is 3.28. The molecule has 1 amide bonds. The number of halogens is 2. The molecule has 0 bridgehead atoms. The SMILES string of the molecule is O=C(Cn1c(=S)[nH]c2cc(Cl)c(Cl)cc21)NC1CC1. The van der Waals surface area contributed by atoms with Crippen LogP contribution in [0.3, 0.4) is 0 Å². The first kappa shape index (κ1) is 13.0. The third-order valence-electron chi connectivity index (χ3n) is 3.06. The van der Waals surface area contributed by atoms with E-state index in [4.69, 9.17) is 35.4 Å². The molecule has 0 spiro atoms. The molecule has 7 heteroatoms. The third-order valence-corrected chi connectivity index (χ3v) is 4.10. The van der Waals surface area contributed by atoms with Gasteiger partial charge in [0.2, 0.25) is 5.91 Å². The van der Waals surface area contributed by atoms with Gasteiger partial charge in [-0.2, -0.15) is 0 Å². The number of H-pyrrole nitrogens is 1. The number of fused-ring (bicyclic) bond motifs is 1. The quantitative estimate of drug-likeness (QED) is 0.854. The van der Waals surface area contributed by atoms with E-state index in [0.29, 0.717) is 20.9 Å². The summed E-state index contributed by atoms with van der Waals surface area (Å²) in [6.07, 6.45) is 2.12. The van der Waals surface area contributed by atoms with Crippen LogP contribution in [0.25, 0.3) is 11.0 Å². The molecule has 1 heterocycles. The topological polar surface area (TPSA) is 49.8 Å². The van der Waals surface area contributed by atoms with E-state index < -0.39 is 0 Å². The van der Waals surface area contributed by atoms with Gasteiger partial charge in [0.15, 0.2) is 4.77 Å². The van der Waals surface area contributed by atoms with Crippen molar-refractivity contribution in [1.82, 2.24) is 14.9 Å². The molecule has 0 aliphatic heterocycles. The van der Waals surface area contributed by atoms with Gasteiger partial charge in [0, 0.05) is 6.04 Å². The number of aromatic amines is 1. The molecule has 0 atom stereocenters. The highest BCUT2D eigenvalue weighted by molar-refractivity contribution is 7.71. The molecule has 0 unspecified atom stereocenters. The van der Waals surface area contributed by atoms with Crippen molar-refractivity contribution in [2.45, 2.75) is 25.4 Å². The lowest BCUT2D eigenvalue weighted by molar-refractivity contribution is -0.121. The second-order valence-corrected chi connectivity index (χ2v) is 5.84. The molecule has 1 aliphatic rings. The monoisotopic (exact) mass is 315 g/mol. The summed E-state index contributed by atoms with van der Waals surface area (Å²) in [7, 11) is 0. The average Bonchev–Trinajstić information content (AvgIpc) is 3.09. The number of benzene rings is 1. The highest BCUT2D eigenvalue weighted by atomic mass is 35.5. The zero-order valence-electron chi connectivity index (χ0n) is 9.87. The van der Waals surface area contributed by atoms with E-state index in [1.807, 2.05) is 0 Å². The van der Waals surface area contributed by atoms with Gasteiger partial charge in [-0.15, -0.1) is 0 Å². The molecule has 2 aromatic rings. The predicted molar refractivity (Wildman–Crippen MR) is 78.3 cm³/mol. The number of carbonyl (C=O) groups excluding carboxylic acids is 1. The second kappa shape index (κ2) is 4.81. The van der Waals surface area contributed by atoms with Gasteiger partial charge in [-0.3, -0.25) is 4.79 Å². The Labute approximate surface area is 124 Å². The Bertz CT molecular complexity index is 718. The lowest BCUT2D eigenvalue weighted by atomic mass is 10.3. The van der Waals surface area contributed by atoms with E-state index in [2.05, 4.69) is 10.3 Å². The number of amides is 1. The highest BCUT2D eigenvalue weighted by Crippen LogP contribution is 2.27. The first-order valence-electron chi connectivity index (χ1n) is 5.91. The number of rotatable bonds is 3. The van der Waals surface area contributed by atoms with Gasteiger partial charge in [-0.1, -0.05) is 23.2 Å². The summed E-state index contributed by atoms with van der Waals surface area (Å²) in [5, 5.41) is 3.83. The minimum absolute atomic E-state index is 0.0365. The lowest BCUT2D eigenvalue weighted by Gasteiger charge is -2.06. The van der Waals surface area contributed by atoms with Gasteiger partial charge in [0.25, 0.3) is 0 Å². The van der Waals surface area contributed by atoms with Crippen LogP contribution in [0.2, 0.25) is 10.0 Å². The maximum atomic E-state index is 11.9. The summed E-state index contributed by atoms with van der Waals surface area (Å²) in [5.74, 6) is -0.0365. The number of aromatic nitrogens is 2. The number of imidazole rings is 1. The Morgan fingerprint density at radius 1 is 1.42 bits per heavy atom. The zero-order valence-corrected chi connectivity index (χ0v) is 12.2. The van der Waals surface area contributed by atoms with Crippen molar-refractivity contribution in [2.24, 2.45) is 0 Å². The molecule has 100 valence electrons. The molecular formula is C12H11Cl2N3OS. The Morgan fingerprint density at radius 3 is 2.79 bits per heavy atom. The van der Waals surface area contributed by atoms with Crippen LogP contribution >= 0.6 is 35.4 Å². The Balaban J connectivity index is 1.97. The normalized spacial score (nSPS) is 14.8. The van der Waals surface area contributed by atoms with Crippen molar-refractivity contribution in [1.29, 1.82) is 0 Å². The van der Waals surface area contributed by atoms with Gasteiger partial charge in [-0.25, -0.2) is 0 Å². The molecule has 2 N–H and O–H groups in total. The van der Waals surface area contributed by atoms with E-state index in [0.717, 1.165) is 23.9 Å². The second-order valence-electron chi connectivity index (χ2n) is 4.64. The Hall–Kier alpha value is -1.04. The number of carbonyl (C=O) groups is 1. The molecule has 1 fully saturated rings. The number of hydrogen-bond donors (Lipinski definition) is 2. The Morgan fingerprint density at radius 2 is 2.11 bits per heavy atom. The van der Waals surface area contributed by atoms with Crippen LogP contribution in [0, 0.1) is 4.77 Å². The van der Waals surface area contributed by atoms with Crippen LogP contribution in [0.4, 0.5) is 0 Å². The van der Waals surface area contributed by atoms with E-state index in [1.165, 1.54) is 0 Å². The van der Waals surface area contributed by atoms with Crippen molar-refractivity contribution < 1.29 is 4.79 Å². The standard InChI is InChI=1S/C12H11Cl2N3OS/c13-7-3-9-10(4-8(7)14)17(12(19)16-9)5-11(18)15-6-1-2-6/h3-4,6H,1-2,5H2,(H,15,18)(H,16,19). The van der Waals surface area contributed by atoms with Crippen LogP contribution in [0.1, 0.15) is 12.8 Å². The summed E-state index contributed by atoms with van der Waals surface area (Å²) in [6, 6.07) is 3.77. The van der Waals surface area contributed by atoms with Gasteiger partial charge < -0.3 is 14.9 Å². The maximum absolute atomic E-state index is 11.9. The first-order chi connectivity index (χ1) is 9.04. The largest absolute Gasteiger partial charge is 0.352 e. The minimum Gasteiger partial charge on any atom is -0.352 e. The summed E-state index contributed by atoms with van der Waals surface area (Å²) < 4.78 is 2.21. The third kappa shape index (κ3) is 2.63. The van der Waals surface area contributed by atoms with Crippen LogP contribution in [-0.4, -0.2) is 21.5 Å². The summed E-state index contributed by atoms with van der Waals surface area (Å²) in [6.45, 7) is 0.188. The highest BCUT2D eigenvalue weighted by Gasteiger charge is 2.23. The molecule has 1 saturated carbocycles. The maximum Gasteiger partial charge on any atom is 0.240 e. The molecule has 1 aromatic carbocycles. The fraction of sp³-hybridized carbons (Fsp3) is 0.333. The molecule has 3 rings (SSSR count). The van der Waals surface area contributed by atoms with Crippen molar-refractivity contribution in [3.05, 3.63) is 26.9 Å². The van der Waals surface area contributed by atoms with Crippen LogP contribution < -0.4 is 5.32 Å². The lowest BCUT2D eigenvalue weighted by Crippen LogP contribution is -2.29. The van der Waals surface area contributed by atoms with Gasteiger partial charge in [-0.05, 0) is 37.2 Å². The van der Waals surface area contributed by atoms with Crippen LogP contribution in [0.5, 0.6) is 0 Å². The van der Waals surface area contributed by atoms with E-state index in [-0.39, 0.29) is 12.5 Å². The molecular weight excluding hydrogens is 305 g/mol.